The minimum atomic E-state index is -0.243. The molecule has 1 aliphatic rings. The smallest absolute Gasteiger partial charge is 0.263 e. The van der Waals surface area contributed by atoms with Gasteiger partial charge in [-0.05, 0) is 37.8 Å². The lowest BCUT2D eigenvalue weighted by Gasteiger charge is -2.30. The molecule has 104 valence electrons. The Morgan fingerprint density at radius 3 is 2.53 bits per heavy atom. The van der Waals surface area contributed by atoms with Gasteiger partial charge in [-0.2, -0.15) is 0 Å². The van der Waals surface area contributed by atoms with E-state index >= 15 is 0 Å². The standard InChI is InChI=1S/C14H20N2O2S/c1-3-10-8-12(19-9(10)2)14(18)16-6-4-11(5-7-16)13(15)17/h8,11H,3-7H2,1-2H3,(H2,15,17). The number of hydrogen-bond donors (Lipinski definition) is 1. The van der Waals surface area contributed by atoms with Crippen molar-refractivity contribution in [1.82, 2.24) is 4.90 Å². The molecular weight excluding hydrogens is 260 g/mol. The lowest BCUT2D eigenvalue weighted by Crippen LogP contribution is -2.41. The first-order valence-corrected chi connectivity index (χ1v) is 7.52. The molecule has 0 radical (unpaired) electrons. The highest BCUT2D eigenvalue weighted by atomic mass is 32.1. The Morgan fingerprint density at radius 1 is 1.42 bits per heavy atom. The van der Waals surface area contributed by atoms with Crippen LogP contribution in [0.1, 0.15) is 39.9 Å². The summed E-state index contributed by atoms with van der Waals surface area (Å²) >= 11 is 1.56. The van der Waals surface area contributed by atoms with Gasteiger partial charge in [0.1, 0.15) is 0 Å². The summed E-state index contributed by atoms with van der Waals surface area (Å²) in [5.41, 5.74) is 6.55. The fourth-order valence-electron chi connectivity index (χ4n) is 2.50. The first-order chi connectivity index (χ1) is 9.02. The lowest BCUT2D eigenvalue weighted by atomic mass is 9.96. The van der Waals surface area contributed by atoms with Crippen LogP contribution in [0.4, 0.5) is 0 Å². The maximum Gasteiger partial charge on any atom is 0.263 e. The van der Waals surface area contributed by atoms with Crippen LogP contribution in [0.2, 0.25) is 0 Å². The topological polar surface area (TPSA) is 63.4 Å². The summed E-state index contributed by atoms with van der Waals surface area (Å²) in [4.78, 5) is 27.4. The van der Waals surface area contributed by atoms with Gasteiger partial charge in [0, 0.05) is 23.9 Å². The quantitative estimate of drug-likeness (QED) is 0.920. The van der Waals surface area contributed by atoms with Crippen molar-refractivity contribution >= 4 is 23.2 Å². The van der Waals surface area contributed by atoms with Crippen molar-refractivity contribution in [2.24, 2.45) is 11.7 Å². The predicted molar refractivity (Wildman–Crippen MR) is 76.3 cm³/mol. The highest BCUT2D eigenvalue weighted by Gasteiger charge is 2.27. The normalized spacial score (nSPS) is 16.6. The molecule has 0 bridgehead atoms. The molecule has 0 atom stereocenters. The maximum atomic E-state index is 12.4. The van der Waals surface area contributed by atoms with Gasteiger partial charge in [-0.1, -0.05) is 6.92 Å². The molecule has 2 amide bonds. The average Bonchev–Trinajstić information content (AvgIpc) is 2.79. The average molecular weight is 280 g/mol. The van der Waals surface area contributed by atoms with Gasteiger partial charge in [-0.15, -0.1) is 11.3 Å². The fourth-order valence-corrected chi connectivity index (χ4v) is 3.58. The second-order valence-electron chi connectivity index (χ2n) is 5.01. The Kier molecular flexibility index (Phi) is 4.24. The van der Waals surface area contributed by atoms with Crippen LogP contribution in [0.5, 0.6) is 0 Å². The van der Waals surface area contributed by atoms with E-state index in [1.165, 1.54) is 10.4 Å². The van der Waals surface area contributed by atoms with E-state index in [1.54, 1.807) is 11.3 Å². The minimum Gasteiger partial charge on any atom is -0.369 e. The summed E-state index contributed by atoms with van der Waals surface area (Å²) in [6.07, 6.45) is 2.33. The minimum absolute atomic E-state index is 0.0691. The van der Waals surface area contributed by atoms with Gasteiger partial charge in [0.05, 0.1) is 4.88 Å². The molecule has 1 aromatic rings. The molecule has 1 fully saturated rings. The number of nitrogens with zero attached hydrogens (tertiary/aromatic N) is 1. The molecule has 0 aromatic carbocycles. The molecule has 5 heteroatoms. The number of carbonyl (C=O) groups excluding carboxylic acids is 2. The molecule has 19 heavy (non-hydrogen) atoms. The van der Waals surface area contributed by atoms with Crippen molar-refractivity contribution in [2.45, 2.75) is 33.1 Å². The lowest BCUT2D eigenvalue weighted by molar-refractivity contribution is -0.123. The van der Waals surface area contributed by atoms with Crippen molar-refractivity contribution in [3.63, 3.8) is 0 Å². The molecular formula is C14H20N2O2S. The van der Waals surface area contributed by atoms with Gasteiger partial charge in [0.15, 0.2) is 0 Å². The fraction of sp³-hybridized carbons (Fsp3) is 0.571. The first-order valence-electron chi connectivity index (χ1n) is 6.70. The Labute approximate surface area is 117 Å². The Morgan fingerprint density at radius 2 is 2.05 bits per heavy atom. The zero-order valence-corrected chi connectivity index (χ0v) is 12.3. The molecule has 0 unspecified atom stereocenters. The van der Waals surface area contributed by atoms with Gasteiger partial charge in [0.25, 0.3) is 5.91 Å². The molecule has 2 heterocycles. The molecule has 4 nitrogen and oxygen atoms in total. The Bertz CT molecular complexity index is 488. The van der Waals surface area contributed by atoms with E-state index in [2.05, 4.69) is 13.8 Å². The van der Waals surface area contributed by atoms with Crippen molar-refractivity contribution < 1.29 is 9.59 Å². The van der Waals surface area contributed by atoms with Crippen LogP contribution in [0, 0.1) is 12.8 Å². The number of thiophene rings is 1. The van der Waals surface area contributed by atoms with Gasteiger partial charge in [-0.25, -0.2) is 0 Å². The number of hydrogen-bond acceptors (Lipinski definition) is 3. The maximum absolute atomic E-state index is 12.4. The van der Waals surface area contributed by atoms with Crippen molar-refractivity contribution in [3.8, 4) is 0 Å². The van der Waals surface area contributed by atoms with Crippen LogP contribution >= 0.6 is 11.3 Å². The molecule has 0 saturated carbocycles. The van der Waals surface area contributed by atoms with E-state index in [0.717, 1.165) is 11.3 Å². The zero-order valence-electron chi connectivity index (χ0n) is 11.4. The molecule has 1 aromatic heterocycles. The predicted octanol–water partition coefficient (Wildman–Crippen LogP) is 1.96. The summed E-state index contributed by atoms with van der Waals surface area (Å²) in [5.74, 6) is -0.219. The Balaban J connectivity index is 2.03. The van der Waals surface area contributed by atoms with Crippen LogP contribution in [-0.2, 0) is 11.2 Å². The molecule has 2 rings (SSSR count). The highest BCUT2D eigenvalue weighted by Crippen LogP contribution is 2.25. The largest absolute Gasteiger partial charge is 0.369 e. The second-order valence-corrected chi connectivity index (χ2v) is 6.27. The number of rotatable bonds is 3. The van der Waals surface area contributed by atoms with E-state index < -0.39 is 0 Å². The van der Waals surface area contributed by atoms with Gasteiger partial charge < -0.3 is 10.6 Å². The van der Waals surface area contributed by atoms with E-state index in [-0.39, 0.29) is 17.7 Å². The van der Waals surface area contributed by atoms with E-state index in [9.17, 15) is 9.59 Å². The number of amides is 2. The molecule has 1 saturated heterocycles. The number of likely N-dealkylation sites (tertiary alicyclic amines) is 1. The third-order valence-corrected chi connectivity index (χ3v) is 4.88. The number of carbonyl (C=O) groups is 2. The van der Waals surface area contributed by atoms with E-state index in [1.807, 2.05) is 11.0 Å². The second kappa shape index (κ2) is 5.74. The van der Waals surface area contributed by atoms with Crippen LogP contribution in [0.3, 0.4) is 0 Å². The third kappa shape index (κ3) is 2.97. The van der Waals surface area contributed by atoms with Crippen LogP contribution in [0.15, 0.2) is 6.07 Å². The van der Waals surface area contributed by atoms with Crippen molar-refractivity contribution in [2.75, 3.05) is 13.1 Å². The summed E-state index contributed by atoms with van der Waals surface area (Å²) < 4.78 is 0. The summed E-state index contributed by atoms with van der Waals surface area (Å²) in [6.45, 7) is 5.41. The van der Waals surface area contributed by atoms with Crippen molar-refractivity contribution in [3.05, 3.63) is 21.4 Å². The zero-order chi connectivity index (χ0) is 14.0. The first kappa shape index (κ1) is 14.1. The van der Waals surface area contributed by atoms with Gasteiger partial charge in [-0.3, -0.25) is 9.59 Å². The van der Waals surface area contributed by atoms with Crippen LogP contribution < -0.4 is 5.73 Å². The van der Waals surface area contributed by atoms with Gasteiger partial charge in [0.2, 0.25) is 5.91 Å². The monoisotopic (exact) mass is 280 g/mol. The number of primary amides is 1. The van der Waals surface area contributed by atoms with Crippen molar-refractivity contribution in [1.29, 1.82) is 0 Å². The summed E-state index contributed by atoms with van der Waals surface area (Å²) in [6, 6.07) is 2.00. The summed E-state index contributed by atoms with van der Waals surface area (Å²) in [7, 11) is 0. The molecule has 0 spiro atoms. The third-order valence-electron chi connectivity index (χ3n) is 3.80. The molecule has 1 aliphatic heterocycles. The Hall–Kier alpha value is -1.36. The number of piperidine rings is 1. The summed E-state index contributed by atoms with van der Waals surface area (Å²) in [5, 5.41) is 0. The van der Waals surface area contributed by atoms with Gasteiger partial charge >= 0.3 is 0 Å². The van der Waals surface area contributed by atoms with E-state index in [4.69, 9.17) is 5.73 Å². The number of aryl methyl sites for hydroxylation is 2. The molecule has 2 N–H and O–H groups in total. The van der Waals surface area contributed by atoms with Crippen LogP contribution in [-0.4, -0.2) is 29.8 Å². The highest BCUT2D eigenvalue weighted by molar-refractivity contribution is 7.14. The molecule has 0 aliphatic carbocycles. The van der Waals surface area contributed by atoms with E-state index in [0.29, 0.717) is 25.9 Å². The SMILES string of the molecule is CCc1cc(C(=O)N2CCC(C(N)=O)CC2)sc1C. The van der Waals surface area contributed by atoms with Crippen LogP contribution in [0.25, 0.3) is 0 Å². The number of nitrogens with two attached hydrogens (primary N) is 1.